The van der Waals surface area contributed by atoms with E-state index < -0.39 is 11.5 Å². The smallest absolute Gasteiger partial charge is 0.276 e. The van der Waals surface area contributed by atoms with E-state index in [0.717, 1.165) is 12.7 Å². The van der Waals surface area contributed by atoms with Crippen LogP contribution in [0.1, 0.15) is 23.0 Å². The van der Waals surface area contributed by atoms with E-state index in [4.69, 9.17) is 4.74 Å². The molecule has 0 aliphatic carbocycles. The van der Waals surface area contributed by atoms with Gasteiger partial charge in [0.1, 0.15) is 10.2 Å². The lowest BCUT2D eigenvalue weighted by Crippen LogP contribution is -2.20. The van der Waals surface area contributed by atoms with Gasteiger partial charge in [-0.15, -0.1) is 5.10 Å². The van der Waals surface area contributed by atoms with Gasteiger partial charge in [-0.1, -0.05) is 5.21 Å². The maximum absolute atomic E-state index is 12.1. The van der Waals surface area contributed by atoms with Crippen LogP contribution in [0.15, 0.2) is 21.8 Å². The van der Waals surface area contributed by atoms with Gasteiger partial charge < -0.3 is 15.0 Å². The van der Waals surface area contributed by atoms with Crippen molar-refractivity contribution in [3.8, 4) is 0 Å². The standard InChI is InChI=1S/C11H11BrN6O3/c12-8-9(13-5-14-10(8)19)11(20)15-7-3-18(17-16-7)6-1-2-21-4-6/h3,5-6H,1-2,4H2,(H,15,20)(H,13,14,19). The van der Waals surface area contributed by atoms with E-state index in [9.17, 15) is 9.59 Å². The Labute approximate surface area is 126 Å². The maximum Gasteiger partial charge on any atom is 0.276 e. The van der Waals surface area contributed by atoms with Gasteiger partial charge in [0.15, 0.2) is 5.82 Å². The van der Waals surface area contributed by atoms with E-state index in [1.165, 1.54) is 0 Å². The molecule has 1 fully saturated rings. The van der Waals surface area contributed by atoms with Gasteiger partial charge in [-0.2, -0.15) is 0 Å². The number of hydrogen-bond acceptors (Lipinski definition) is 6. The summed E-state index contributed by atoms with van der Waals surface area (Å²) in [6, 6.07) is 0.132. The second kappa shape index (κ2) is 5.74. The fraction of sp³-hybridized carbons (Fsp3) is 0.364. The van der Waals surface area contributed by atoms with Gasteiger partial charge in [0, 0.05) is 6.61 Å². The highest BCUT2D eigenvalue weighted by Crippen LogP contribution is 2.18. The molecule has 0 spiro atoms. The average Bonchev–Trinajstić information content (AvgIpc) is 3.12. The van der Waals surface area contributed by atoms with Crippen molar-refractivity contribution in [3.05, 3.63) is 33.0 Å². The zero-order valence-electron chi connectivity index (χ0n) is 10.7. The Morgan fingerprint density at radius 1 is 1.57 bits per heavy atom. The third kappa shape index (κ3) is 2.85. The fourth-order valence-corrected chi connectivity index (χ4v) is 2.36. The molecule has 0 radical (unpaired) electrons. The third-order valence-corrected chi connectivity index (χ3v) is 3.78. The van der Waals surface area contributed by atoms with Crippen molar-refractivity contribution in [2.45, 2.75) is 12.5 Å². The molecular formula is C11H11BrN6O3. The molecule has 1 aliphatic heterocycles. The van der Waals surface area contributed by atoms with Gasteiger partial charge in [-0.05, 0) is 22.4 Å². The second-order valence-corrected chi connectivity index (χ2v) is 5.24. The van der Waals surface area contributed by atoms with E-state index in [0.29, 0.717) is 19.0 Å². The number of halogens is 1. The molecule has 3 rings (SSSR count). The summed E-state index contributed by atoms with van der Waals surface area (Å²) in [5, 5.41) is 10.4. The Morgan fingerprint density at radius 3 is 3.19 bits per heavy atom. The molecule has 3 heterocycles. The number of nitrogens with zero attached hydrogens (tertiary/aromatic N) is 4. The Morgan fingerprint density at radius 2 is 2.43 bits per heavy atom. The van der Waals surface area contributed by atoms with Gasteiger partial charge >= 0.3 is 0 Å². The van der Waals surface area contributed by atoms with Gasteiger partial charge in [-0.25, -0.2) is 9.67 Å². The van der Waals surface area contributed by atoms with Crippen LogP contribution >= 0.6 is 15.9 Å². The normalized spacial score (nSPS) is 17.9. The van der Waals surface area contributed by atoms with Crippen LogP contribution in [0.5, 0.6) is 0 Å². The monoisotopic (exact) mass is 354 g/mol. The number of amides is 1. The molecule has 110 valence electrons. The van der Waals surface area contributed by atoms with Crippen LogP contribution in [0.25, 0.3) is 0 Å². The number of ether oxygens (including phenoxy) is 1. The van der Waals surface area contributed by atoms with Gasteiger partial charge in [0.25, 0.3) is 11.5 Å². The molecule has 21 heavy (non-hydrogen) atoms. The first-order chi connectivity index (χ1) is 10.1. The fourth-order valence-electron chi connectivity index (χ4n) is 1.96. The summed E-state index contributed by atoms with van der Waals surface area (Å²) in [6.07, 6.45) is 3.64. The molecule has 1 atom stereocenters. The zero-order chi connectivity index (χ0) is 14.8. The van der Waals surface area contributed by atoms with Crippen molar-refractivity contribution in [2.24, 2.45) is 0 Å². The van der Waals surface area contributed by atoms with Crippen LogP contribution in [0.3, 0.4) is 0 Å². The Hall–Kier alpha value is -2.07. The number of nitrogens with one attached hydrogen (secondary N) is 2. The molecular weight excluding hydrogens is 344 g/mol. The number of H-pyrrole nitrogens is 1. The van der Waals surface area contributed by atoms with Crippen molar-refractivity contribution in [3.63, 3.8) is 0 Å². The van der Waals surface area contributed by atoms with Gasteiger partial charge in [0.2, 0.25) is 0 Å². The van der Waals surface area contributed by atoms with E-state index >= 15 is 0 Å². The minimum atomic E-state index is -0.539. The molecule has 2 aromatic rings. The predicted octanol–water partition coefficient (Wildman–Crippen LogP) is 0.338. The number of carbonyl (C=O) groups excluding carboxylic acids is 1. The second-order valence-electron chi connectivity index (χ2n) is 4.45. The van der Waals surface area contributed by atoms with Crippen molar-refractivity contribution in [2.75, 3.05) is 18.5 Å². The predicted molar refractivity (Wildman–Crippen MR) is 75.0 cm³/mol. The summed E-state index contributed by atoms with van der Waals surface area (Å²) < 4.78 is 6.99. The highest BCUT2D eigenvalue weighted by molar-refractivity contribution is 9.10. The summed E-state index contributed by atoms with van der Waals surface area (Å²) in [6.45, 7) is 1.27. The van der Waals surface area contributed by atoms with Gasteiger partial charge in [0.05, 0.1) is 25.2 Å². The van der Waals surface area contributed by atoms with Crippen molar-refractivity contribution in [1.29, 1.82) is 0 Å². The molecule has 0 aromatic carbocycles. The molecule has 1 unspecified atom stereocenters. The quantitative estimate of drug-likeness (QED) is 0.821. The largest absolute Gasteiger partial charge is 0.379 e. The first kappa shape index (κ1) is 13.9. The molecule has 1 saturated heterocycles. The minimum Gasteiger partial charge on any atom is -0.379 e. The van der Waals surface area contributed by atoms with Crippen LogP contribution < -0.4 is 10.9 Å². The van der Waals surface area contributed by atoms with E-state index in [2.05, 4.69) is 41.5 Å². The van der Waals surface area contributed by atoms with Gasteiger partial charge in [-0.3, -0.25) is 9.59 Å². The van der Waals surface area contributed by atoms with Crippen LogP contribution in [0, 0.1) is 0 Å². The molecule has 9 nitrogen and oxygen atoms in total. The first-order valence-corrected chi connectivity index (χ1v) is 6.98. The third-order valence-electron chi connectivity index (χ3n) is 3.04. The van der Waals surface area contributed by atoms with Crippen LogP contribution in [-0.2, 0) is 4.74 Å². The van der Waals surface area contributed by atoms with Crippen molar-refractivity contribution < 1.29 is 9.53 Å². The average molecular weight is 355 g/mol. The molecule has 1 aliphatic rings. The lowest BCUT2D eigenvalue weighted by molar-refractivity contribution is 0.102. The van der Waals surface area contributed by atoms with E-state index in [-0.39, 0.29) is 16.2 Å². The molecule has 0 saturated carbocycles. The number of hydrogen-bond donors (Lipinski definition) is 2. The van der Waals surface area contributed by atoms with Crippen molar-refractivity contribution in [1.82, 2.24) is 25.0 Å². The maximum atomic E-state index is 12.1. The molecule has 0 bridgehead atoms. The minimum absolute atomic E-state index is 0.0162. The topological polar surface area (TPSA) is 115 Å². The van der Waals surface area contributed by atoms with Crippen LogP contribution in [-0.4, -0.2) is 44.1 Å². The van der Waals surface area contributed by atoms with Crippen LogP contribution in [0.4, 0.5) is 5.82 Å². The number of carbonyl (C=O) groups is 1. The summed E-state index contributed by atoms with van der Waals surface area (Å²) >= 11 is 3.03. The highest BCUT2D eigenvalue weighted by atomic mass is 79.9. The van der Waals surface area contributed by atoms with E-state index in [1.54, 1.807) is 10.9 Å². The van der Waals surface area contributed by atoms with Crippen molar-refractivity contribution >= 4 is 27.7 Å². The molecule has 2 N–H and O–H groups in total. The molecule has 10 heteroatoms. The van der Waals surface area contributed by atoms with E-state index in [1.807, 2.05) is 0 Å². The summed E-state index contributed by atoms with van der Waals surface area (Å²) in [7, 11) is 0. The first-order valence-electron chi connectivity index (χ1n) is 6.19. The lowest BCUT2D eigenvalue weighted by Gasteiger charge is -2.05. The number of rotatable bonds is 3. The highest BCUT2D eigenvalue weighted by Gasteiger charge is 2.20. The summed E-state index contributed by atoms with van der Waals surface area (Å²) in [5.41, 5.74) is -0.445. The summed E-state index contributed by atoms with van der Waals surface area (Å²) in [5.74, 6) is -0.247. The summed E-state index contributed by atoms with van der Waals surface area (Å²) in [4.78, 5) is 29.7. The molecule has 2 aromatic heterocycles. The van der Waals surface area contributed by atoms with Crippen LogP contribution in [0.2, 0.25) is 0 Å². The number of aromatic amines is 1. The Balaban J connectivity index is 1.75. The number of anilines is 1. The number of aromatic nitrogens is 5. The zero-order valence-corrected chi connectivity index (χ0v) is 12.3. The Bertz CT molecular complexity index is 721. The molecule has 1 amide bonds. The SMILES string of the molecule is O=C(Nc1cn(C2CCOC2)nn1)c1nc[nH]c(=O)c1Br. The Kier molecular flexibility index (Phi) is 3.80. The lowest BCUT2D eigenvalue weighted by atomic mass is 10.3.